The molecule has 0 saturated carbocycles. The normalized spacial score (nSPS) is 14.6. The predicted molar refractivity (Wildman–Crippen MR) is 182 cm³/mol. The second kappa shape index (κ2) is 16.2. The largest absolute Gasteiger partial charge is 0.573 e. The van der Waals surface area contributed by atoms with Gasteiger partial charge in [-0.1, -0.05) is 66.7 Å². The fraction of sp³-hybridized carbons (Fsp3) is 0.639. The number of hydrogen-bond acceptors (Lipinski definition) is 6. The monoisotopic (exact) mass is 739 g/mol. The quantitative estimate of drug-likeness (QED) is 0.118. The lowest BCUT2D eigenvalue weighted by Crippen LogP contribution is -2.53. The molecule has 1 atom stereocenters. The Morgan fingerprint density at radius 1 is 0.800 bits per heavy atom. The number of carbonyl (C=O) groups excluding carboxylic acids is 1. The lowest BCUT2D eigenvalue weighted by atomic mass is 9.89. The Labute approximate surface area is 292 Å². The van der Waals surface area contributed by atoms with Crippen LogP contribution in [0.3, 0.4) is 0 Å². The Hall–Kier alpha value is -2.92. The molecule has 14 heteroatoms. The number of hydrogen-bond donors (Lipinski definition) is 1. The van der Waals surface area contributed by atoms with Crippen molar-refractivity contribution in [3.8, 4) is 11.5 Å². The van der Waals surface area contributed by atoms with Crippen LogP contribution in [0, 0.1) is 0 Å². The SMILES string of the molecule is CCC(CCc1ccc(OCCCc2ccc(OC(F)(F)F)cc2)c(C(F)(F)F)c1)(COP(=O)(C(C)(C)C)C(C)(C)C)NC(=O)OC(C)(C)C. The van der Waals surface area contributed by atoms with Crippen LogP contribution in [0.25, 0.3) is 0 Å². The molecule has 1 unspecified atom stereocenters. The first-order chi connectivity index (χ1) is 22.6. The van der Waals surface area contributed by atoms with Crippen molar-refractivity contribution < 1.29 is 54.4 Å². The minimum absolute atomic E-state index is 0.0685. The number of alkyl carbamates (subject to hydrolysis) is 1. The van der Waals surface area contributed by atoms with Crippen molar-refractivity contribution in [1.82, 2.24) is 5.32 Å². The number of carbonyl (C=O) groups is 1. The Bertz CT molecular complexity index is 1440. The van der Waals surface area contributed by atoms with E-state index in [1.54, 1.807) is 20.8 Å². The molecule has 0 radical (unpaired) electrons. The molecular weight excluding hydrogens is 687 g/mol. The molecular formula is C36H52F6NO6P. The van der Waals surface area contributed by atoms with Gasteiger partial charge in [0.05, 0.1) is 24.3 Å². The molecule has 7 nitrogen and oxygen atoms in total. The number of alkyl halides is 6. The predicted octanol–water partition coefficient (Wildman–Crippen LogP) is 11.1. The molecule has 0 aromatic heterocycles. The topological polar surface area (TPSA) is 83.1 Å². The highest BCUT2D eigenvalue weighted by Crippen LogP contribution is 2.67. The number of aryl methyl sites for hydroxylation is 2. The van der Waals surface area contributed by atoms with Gasteiger partial charge in [-0.25, -0.2) is 4.79 Å². The molecule has 284 valence electrons. The van der Waals surface area contributed by atoms with Crippen molar-refractivity contribution in [1.29, 1.82) is 0 Å². The number of nitrogens with one attached hydrogen (secondary N) is 1. The van der Waals surface area contributed by atoms with Crippen molar-refractivity contribution in [2.24, 2.45) is 0 Å². The van der Waals surface area contributed by atoms with E-state index in [1.807, 2.05) is 48.5 Å². The first-order valence-corrected chi connectivity index (χ1v) is 18.2. The molecule has 0 aliphatic rings. The van der Waals surface area contributed by atoms with E-state index in [0.29, 0.717) is 30.4 Å². The van der Waals surface area contributed by atoms with Gasteiger partial charge in [0.1, 0.15) is 17.1 Å². The number of amides is 1. The van der Waals surface area contributed by atoms with E-state index in [2.05, 4.69) is 10.1 Å². The summed E-state index contributed by atoms with van der Waals surface area (Å²) in [5.41, 5.74) is -1.90. The average Bonchev–Trinajstić information content (AvgIpc) is 2.94. The van der Waals surface area contributed by atoms with Crippen LogP contribution in [0.4, 0.5) is 31.1 Å². The molecule has 0 bridgehead atoms. The fourth-order valence-corrected chi connectivity index (χ4v) is 8.66. The number of halogens is 6. The zero-order chi connectivity index (χ0) is 38.4. The molecule has 0 fully saturated rings. The summed E-state index contributed by atoms with van der Waals surface area (Å²) in [6.45, 7) is 17.7. The molecule has 0 saturated heterocycles. The van der Waals surface area contributed by atoms with Gasteiger partial charge < -0.3 is 24.1 Å². The minimum Gasteiger partial charge on any atom is -0.493 e. The van der Waals surface area contributed by atoms with E-state index in [-0.39, 0.29) is 37.6 Å². The lowest BCUT2D eigenvalue weighted by Gasteiger charge is -2.43. The van der Waals surface area contributed by atoms with Crippen molar-refractivity contribution in [3.05, 3.63) is 59.2 Å². The smallest absolute Gasteiger partial charge is 0.493 e. The van der Waals surface area contributed by atoms with E-state index in [1.165, 1.54) is 36.4 Å². The van der Waals surface area contributed by atoms with Crippen LogP contribution in [-0.4, -0.2) is 47.1 Å². The van der Waals surface area contributed by atoms with Crippen molar-refractivity contribution in [3.63, 3.8) is 0 Å². The summed E-state index contributed by atoms with van der Waals surface area (Å²) in [7, 11) is -3.36. The molecule has 1 N–H and O–H groups in total. The summed E-state index contributed by atoms with van der Waals surface area (Å²) in [5.74, 6) is -0.727. The highest BCUT2D eigenvalue weighted by Gasteiger charge is 2.49. The van der Waals surface area contributed by atoms with Crippen LogP contribution in [0.15, 0.2) is 42.5 Å². The summed E-state index contributed by atoms with van der Waals surface area (Å²) in [5, 5.41) is 1.42. The van der Waals surface area contributed by atoms with Gasteiger partial charge in [-0.15, -0.1) is 13.2 Å². The Balaban J connectivity index is 2.26. The third-order valence-corrected chi connectivity index (χ3v) is 12.0. The molecule has 1 amide bonds. The fourth-order valence-electron chi connectivity index (χ4n) is 5.45. The number of rotatable bonds is 14. The van der Waals surface area contributed by atoms with Gasteiger partial charge in [-0.05, 0) is 88.3 Å². The second-order valence-electron chi connectivity index (χ2n) is 15.4. The van der Waals surface area contributed by atoms with Gasteiger partial charge in [0.2, 0.25) is 7.37 Å². The highest BCUT2D eigenvalue weighted by molar-refractivity contribution is 7.62. The molecule has 0 heterocycles. The molecule has 2 aromatic carbocycles. The van der Waals surface area contributed by atoms with E-state index in [4.69, 9.17) is 14.0 Å². The van der Waals surface area contributed by atoms with Crippen LogP contribution in [0.5, 0.6) is 11.5 Å². The minimum atomic E-state index is -4.81. The highest BCUT2D eigenvalue weighted by atomic mass is 31.2. The standard InChI is InChI=1S/C36H52F6NO6P/c1-11-34(43-30(44)49-31(2,3)4,24-47-50(45,32(5,6)7)33(8,9)10)21-20-26-16-19-29(28(23-26)35(37,38)39)46-22-12-13-25-14-17-27(18-15-25)48-36(40,41)42/h14-19,23H,11-13,20-22,24H2,1-10H3,(H,43,44). The summed E-state index contributed by atoms with van der Waals surface area (Å²) in [6.07, 6.45) is -9.03. The third-order valence-electron chi connectivity index (χ3n) is 8.00. The molecule has 0 spiro atoms. The Morgan fingerprint density at radius 3 is 1.84 bits per heavy atom. The van der Waals surface area contributed by atoms with Crippen molar-refractivity contribution in [2.75, 3.05) is 13.2 Å². The maximum atomic E-state index is 14.3. The number of ether oxygens (including phenoxy) is 3. The van der Waals surface area contributed by atoms with E-state index in [0.717, 1.165) is 6.07 Å². The van der Waals surface area contributed by atoms with E-state index >= 15 is 0 Å². The summed E-state index contributed by atoms with van der Waals surface area (Å²) in [6, 6.07) is 9.01. The summed E-state index contributed by atoms with van der Waals surface area (Å²) in [4.78, 5) is 13.0. The van der Waals surface area contributed by atoms with Crippen molar-refractivity contribution >= 4 is 13.5 Å². The lowest BCUT2D eigenvalue weighted by molar-refractivity contribution is -0.274. The zero-order valence-electron chi connectivity index (χ0n) is 30.7. The van der Waals surface area contributed by atoms with Gasteiger partial charge in [0, 0.05) is 10.3 Å². The average molecular weight is 740 g/mol. The summed E-state index contributed by atoms with van der Waals surface area (Å²) < 4.78 is 115. The molecule has 0 aliphatic carbocycles. The van der Waals surface area contributed by atoms with Crippen LogP contribution in [0.1, 0.15) is 105 Å². The molecule has 0 aliphatic heterocycles. The van der Waals surface area contributed by atoms with Gasteiger partial charge in [-0.2, -0.15) is 13.2 Å². The molecule has 50 heavy (non-hydrogen) atoms. The first-order valence-electron chi connectivity index (χ1n) is 16.5. The van der Waals surface area contributed by atoms with Gasteiger partial charge in [0.25, 0.3) is 0 Å². The maximum Gasteiger partial charge on any atom is 0.573 e. The maximum absolute atomic E-state index is 14.3. The van der Waals surface area contributed by atoms with Crippen molar-refractivity contribution in [2.45, 2.75) is 135 Å². The second-order valence-corrected chi connectivity index (χ2v) is 19.4. The Morgan fingerprint density at radius 2 is 1.36 bits per heavy atom. The van der Waals surface area contributed by atoms with Crippen LogP contribution >= 0.6 is 7.37 Å². The van der Waals surface area contributed by atoms with Gasteiger partial charge >= 0.3 is 18.6 Å². The summed E-state index contributed by atoms with van der Waals surface area (Å²) >= 11 is 0. The molecule has 2 aromatic rings. The first kappa shape index (κ1) is 43.2. The van der Waals surface area contributed by atoms with Crippen LogP contribution in [-0.2, 0) is 32.8 Å². The zero-order valence-corrected chi connectivity index (χ0v) is 31.6. The van der Waals surface area contributed by atoms with Gasteiger partial charge in [0.15, 0.2) is 0 Å². The van der Waals surface area contributed by atoms with E-state index < -0.39 is 53.0 Å². The third kappa shape index (κ3) is 13.0. The number of benzene rings is 2. The van der Waals surface area contributed by atoms with E-state index in [9.17, 15) is 35.7 Å². The van der Waals surface area contributed by atoms with Crippen LogP contribution < -0.4 is 14.8 Å². The Kier molecular flexibility index (Phi) is 14.0. The van der Waals surface area contributed by atoms with Crippen LogP contribution in [0.2, 0.25) is 0 Å². The van der Waals surface area contributed by atoms with Gasteiger partial charge in [-0.3, -0.25) is 4.57 Å². The molecule has 2 rings (SSSR count).